The molecule has 0 bridgehead atoms. The molecule has 0 saturated carbocycles. The Labute approximate surface area is 98.5 Å². The number of nitrogens with one attached hydrogen (secondary N) is 1. The molecule has 0 atom stereocenters. The predicted octanol–water partition coefficient (Wildman–Crippen LogP) is 2.10. The van der Waals surface area contributed by atoms with Crippen molar-refractivity contribution in [2.75, 3.05) is 12.4 Å². The van der Waals surface area contributed by atoms with E-state index in [0.29, 0.717) is 22.0 Å². The minimum absolute atomic E-state index is 0.201. The van der Waals surface area contributed by atoms with Crippen molar-refractivity contribution in [2.45, 2.75) is 13.8 Å². The van der Waals surface area contributed by atoms with Gasteiger partial charge in [-0.2, -0.15) is 0 Å². The van der Waals surface area contributed by atoms with E-state index in [9.17, 15) is 9.59 Å². The zero-order valence-electron chi connectivity index (χ0n) is 9.26. The van der Waals surface area contributed by atoms with Crippen LogP contribution in [0.3, 0.4) is 0 Å². The van der Waals surface area contributed by atoms with Crippen molar-refractivity contribution in [2.24, 2.45) is 0 Å². The van der Waals surface area contributed by atoms with Gasteiger partial charge < -0.3 is 10.1 Å². The number of halogens is 1. The first-order valence-corrected chi connectivity index (χ1v) is 4.99. The number of benzene rings is 1. The highest BCUT2D eigenvalue weighted by Crippen LogP contribution is 2.35. The van der Waals surface area contributed by atoms with Gasteiger partial charge in [0, 0.05) is 5.02 Å². The molecule has 86 valence electrons. The Kier molecular flexibility index (Phi) is 3.90. The molecule has 1 amide bonds. The van der Waals surface area contributed by atoms with Gasteiger partial charge in [-0.1, -0.05) is 11.6 Å². The van der Waals surface area contributed by atoms with Crippen LogP contribution in [0, 0.1) is 13.8 Å². The number of aldehydes is 1. The van der Waals surface area contributed by atoms with Crippen molar-refractivity contribution in [3.8, 4) is 5.75 Å². The zero-order chi connectivity index (χ0) is 12.3. The van der Waals surface area contributed by atoms with Crippen molar-refractivity contribution >= 4 is 29.5 Å². The quantitative estimate of drug-likeness (QED) is 0.651. The summed E-state index contributed by atoms with van der Waals surface area (Å²) < 4.78 is 5.12. The molecule has 0 aliphatic heterocycles. The lowest BCUT2D eigenvalue weighted by atomic mass is 10.1. The van der Waals surface area contributed by atoms with Crippen LogP contribution in [0.2, 0.25) is 5.02 Å². The highest BCUT2D eigenvalue weighted by atomic mass is 35.5. The molecule has 16 heavy (non-hydrogen) atoms. The largest absolute Gasteiger partial charge is 0.495 e. The number of amides is 1. The van der Waals surface area contributed by atoms with E-state index in [2.05, 4.69) is 5.32 Å². The van der Waals surface area contributed by atoms with E-state index >= 15 is 0 Å². The van der Waals surface area contributed by atoms with Crippen molar-refractivity contribution in [1.29, 1.82) is 0 Å². The molecule has 0 unspecified atom stereocenters. The summed E-state index contributed by atoms with van der Waals surface area (Å²) in [6, 6.07) is 1.70. The van der Waals surface area contributed by atoms with Crippen molar-refractivity contribution in [3.63, 3.8) is 0 Å². The van der Waals surface area contributed by atoms with Crippen LogP contribution < -0.4 is 10.1 Å². The number of carbonyl (C=O) groups excluding carboxylic acids is 2. The van der Waals surface area contributed by atoms with Crippen LogP contribution in [-0.2, 0) is 9.59 Å². The third-order valence-corrected chi connectivity index (χ3v) is 2.80. The maximum Gasteiger partial charge on any atom is 0.288 e. The van der Waals surface area contributed by atoms with E-state index in [1.165, 1.54) is 7.11 Å². The molecule has 0 heterocycles. The van der Waals surface area contributed by atoms with Gasteiger partial charge in [0.2, 0.25) is 6.29 Å². The first kappa shape index (κ1) is 12.5. The van der Waals surface area contributed by atoms with E-state index < -0.39 is 5.91 Å². The third kappa shape index (κ3) is 2.33. The molecule has 0 aromatic heterocycles. The maximum absolute atomic E-state index is 11.0. The molecule has 1 N–H and O–H groups in total. The molecule has 0 saturated heterocycles. The molecule has 5 heteroatoms. The molecule has 0 spiro atoms. The fourth-order valence-corrected chi connectivity index (χ4v) is 1.54. The first-order chi connectivity index (χ1) is 7.51. The Hall–Kier alpha value is -1.55. The number of hydrogen-bond acceptors (Lipinski definition) is 3. The lowest BCUT2D eigenvalue weighted by Crippen LogP contribution is -2.14. The number of carbonyl (C=O) groups is 2. The second kappa shape index (κ2) is 4.99. The van der Waals surface area contributed by atoms with E-state index in [1.54, 1.807) is 13.0 Å². The van der Waals surface area contributed by atoms with Crippen LogP contribution in [0.25, 0.3) is 0 Å². The van der Waals surface area contributed by atoms with Gasteiger partial charge in [0.15, 0.2) is 0 Å². The van der Waals surface area contributed by atoms with Crippen LogP contribution >= 0.6 is 11.6 Å². The van der Waals surface area contributed by atoms with E-state index in [1.807, 2.05) is 6.92 Å². The molecule has 1 aromatic rings. The number of anilines is 1. The highest BCUT2D eigenvalue weighted by Gasteiger charge is 2.14. The van der Waals surface area contributed by atoms with Crippen LogP contribution in [0.4, 0.5) is 5.69 Å². The summed E-state index contributed by atoms with van der Waals surface area (Å²) in [4.78, 5) is 21.3. The fraction of sp³-hybridized carbons (Fsp3) is 0.273. The monoisotopic (exact) mass is 241 g/mol. The SMILES string of the molecule is COc1cc(C)c(Cl)c(C)c1NC(=O)C=O. The van der Waals surface area contributed by atoms with E-state index in [-0.39, 0.29) is 6.29 Å². The van der Waals surface area contributed by atoms with Gasteiger partial charge in [0.05, 0.1) is 12.8 Å². The highest BCUT2D eigenvalue weighted by molar-refractivity contribution is 6.33. The molecule has 0 aliphatic carbocycles. The Morgan fingerprint density at radius 2 is 2.12 bits per heavy atom. The van der Waals surface area contributed by atoms with E-state index in [0.717, 1.165) is 5.56 Å². The third-order valence-electron chi connectivity index (χ3n) is 2.22. The van der Waals surface area contributed by atoms with Gasteiger partial charge >= 0.3 is 0 Å². The summed E-state index contributed by atoms with van der Waals surface area (Å²) in [6.45, 7) is 3.58. The van der Waals surface area contributed by atoms with Gasteiger partial charge in [-0.05, 0) is 31.0 Å². The standard InChI is InChI=1S/C11H12ClNO3/c1-6-4-8(16-3)11(7(2)10(6)12)13-9(15)5-14/h4-5H,1-3H3,(H,13,15). The summed E-state index contributed by atoms with van der Waals surface area (Å²) in [5.41, 5.74) is 1.95. The minimum atomic E-state index is -0.735. The number of rotatable bonds is 3. The van der Waals surface area contributed by atoms with Crippen molar-refractivity contribution in [3.05, 3.63) is 22.2 Å². The average Bonchev–Trinajstić information content (AvgIpc) is 2.29. The lowest BCUT2D eigenvalue weighted by Gasteiger charge is -2.14. The molecule has 1 rings (SSSR count). The fourth-order valence-electron chi connectivity index (χ4n) is 1.39. The van der Waals surface area contributed by atoms with Gasteiger partial charge in [0.25, 0.3) is 5.91 Å². The van der Waals surface area contributed by atoms with Crippen LogP contribution in [0.1, 0.15) is 11.1 Å². The Balaban J connectivity index is 3.29. The Morgan fingerprint density at radius 1 is 1.50 bits per heavy atom. The second-order valence-corrected chi connectivity index (χ2v) is 3.69. The molecule has 0 fully saturated rings. The summed E-state index contributed by atoms with van der Waals surface area (Å²) in [5.74, 6) is -0.254. The van der Waals surface area contributed by atoms with Crippen LogP contribution in [-0.4, -0.2) is 19.3 Å². The second-order valence-electron chi connectivity index (χ2n) is 3.32. The summed E-state index contributed by atoms with van der Waals surface area (Å²) in [6.07, 6.45) is 0.201. The molecular formula is C11H12ClNO3. The van der Waals surface area contributed by atoms with Gasteiger partial charge in [-0.15, -0.1) is 0 Å². The topological polar surface area (TPSA) is 55.4 Å². The predicted molar refractivity (Wildman–Crippen MR) is 62.2 cm³/mol. The van der Waals surface area contributed by atoms with Gasteiger partial charge in [-0.25, -0.2) is 0 Å². The number of hydrogen-bond donors (Lipinski definition) is 1. The van der Waals surface area contributed by atoms with Crippen molar-refractivity contribution in [1.82, 2.24) is 0 Å². The average molecular weight is 242 g/mol. The Bertz CT molecular complexity index is 443. The number of methoxy groups -OCH3 is 1. The minimum Gasteiger partial charge on any atom is -0.495 e. The van der Waals surface area contributed by atoms with Gasteiger partial charge in [0.1, 0.15) is 5.75 Å². The summed E-state index contributed by atoms with van der Waals surface area (Å²) >= 11 is 6.04. The van der Waals surface area contributed by atoms with Crippen LogP contribution in [0.5, 0.6) is 5.75 Å². The molecule has 0 radical (unpaired) electrons. The number of aryl methyl sites for hydroxylation is 1. The molecular weight excluding hydrogens is 230 g/mol. The lowest BCUT2D eigenvalue weighted by molar-refractivity contribution is -0.127. The van der Waals surface area contributed by atoms with Crippen molar-refractivity contribution < 1.29 is 14.3 Å². The molecule has 1 aromatic carbocycles. The summed E-state index contributed by atoms with van der Waals surface area (Å²) in [5, 5.41) is 2.97. The summed E-state index contributed by atoms with van der Waals surface area (Å²) in [7, 11) is 1.48. The maximum atomic E-state index is 11.0. The van der Waals surface area contributed by atoms with Gasteiger partial charge in [-0.3, -0.25) is 9.59 Å². The molecule has 4 nitrogen and oxygen atoms in total. The van der Waals surface area contributed by atoms with Crippen LogP contribution in [0.15, 0.2) is 6.07 Å². The molecule has 0 aliphatic rings. The first-order valence-electron chi connectivity index (χ1n) is 4.61. The van der Waals surface area contributed by atoms with E-state index in [4.69, 9.17) is 16.3 Å². The normalized spacial score (nSPS) is 9.75. The zero-order valence-corrected chi connectivity index (χ0v) is 10.0. The Morgan fingerprint density at radius 3 is 2.62 bits per heavy atom. The smallest absolute Gasteiger partial charge is 0.288 e. The number of ether oxygens (including phenoxy) is 1.